The molecule has 0 bridgehead atoms. The maximum absolute atomic E-state index is 11.6. The summed E-state index contributed by atoms with van der Waals surface area (Å²) in [5.41, 5.74) is 3.14. The summed E-state index contributed by atoms with van der Waals surface area (Å²) in [5.74, 6) is 0.597. The van der Waals surface area contributed by atoms with E-state index in [1.54, 1.807) is 0 Å². The van der Waals surface area contributed by atoms with Gasteiger partial charge in [-0.05, 0) is 67.0 Å². The van der Waals surface area contributed by atoms with E-state index >= 15 is 0 Å². The van der Waals surface area contributed by atoms with Gasteiger partial charge < -0.3 is 14.9 Å². The number of ether oxygens (including phenoxy) is 1. The lowest BCUT2D eigenvalue weighted by Crippen LogP contribution is -2.43. The molecule has 0 unspecified atom stereocenters. The molecule has 1 aliphatic carbocycles. The first kappa shape index (κ1) is 28.4. The van der Waals surface area contributed by atoms with Crippen molar-refractivity contribution >= 4 is 15.7 Å². The molecular weight excluding hydrogens is 514 g/mol. The molecule has 0 amide bonds. The summed E-state index contributed by atoms with van der Waals surface area (Å²) in [6.45, 7) is 1.16. The van der Waals surface area contributed by atoms with E-state index in [4.69, 9.17) is 10.00 Å². The summed E-state index contributed by atoms with van der Waals surface area (Å²) in [7, 11) is -3.57. The normalized spacial score (nSPS) is 18.3. The van der Waals surface area contributed by atoms with E-state index in [-0.39, 0.29) is 18.0 Å². The first-order valence-electron chi connectivity index (χ1n) is 13.1. The predicted octanol–water partition coefficient (Wildman–Crippen LogP) is 4.60. The van der Waals surface area contributed by atoms with Crippen LogP contribution in [0, 0.1) is 11.3 Å². The first-order valence-corrected chi connectivity index (χ1v) is 15.0. The number of anilines is 1. The molecule has 39 heavy (non-hydrogen) atoms. The van der Waals surface area contributed by atoms with Gasteiger partial charge in [-0.2, -0.15) is 5.26 Å². The fourth-order valence-corrected chi connectivity index (χ4v) is 5.73. The number of hydrogen-bond acceptors (Lipinski definition) is 7. The van der Waals surface area contributed by atoms with E-state index in [2.05, 4.69) is 40.0 Å². The van der Waals surface area contributed by atoms with Crippen LogP contribution in [-0.2, 0) is 16.6 Å². The van der Waals surface area contributed by atoms with Gasteiger partial charge in [0.15, 0.2) is 0 Å². The third kappa shape index (κ3) is 8.45. The number of aliphatic hydroxyl groups is 1. The average Bonchev–Trinajstić information content (AvgIpc) is 2.93. The Bertz CT molecular complexity index is 1370. The smallest absolute Gasteiger partial charge is 0.229 e. The van der Waals surface area contributed by atoms with Crippen LogP contribution in [0.3, 0.4) is 0 Å². The predicted molar refractivity (Wildman–Crippen MR) is 151 cm³/mol. The number of aliphatic hydroxyl groups excluding tert-OH is 1. The van der Waals surface area contributed by atoms with Gasteiger partial charge in [0.05, 0.1) is 23.6 Å². The number of phenolic OH excluding ortho intramolecular Hbond substituents is 1. The molecule has 0 radical (unpaired) electrons. The summed E-state index contributed by atoms with van der Waals surface area (Å²) in [4.78, 5) is 2.33. The molecule has 1 atom stereocenters. The Labute approximate surface area is 230 Å². The number of rotatable bonds is 11. The lowest BCUT2D eigenvalue weighted by atomic mass is 9.81. The van der Waals surface area contributed by atoms with Gasteiger partial charge in [0, 0.05) is 25.2 Å². The highest BCUT2D eigenvalue weighted by Crippen LogP contribution is 2.35. The van der Waals surface area contributed by atoms with Crippen LogP contribution in [0.5, 0.6) is 11.5 Å². The molecule has 9 heteroatoms. The fourth-order valence-electron chi connectivity index (χ4n) is 5.17. The molecule has 1 saturated carbocycles. The molecule has 0 heterocycles. The van der Waals surface area contributed by atoms with Crippen molar-refractivity contribution in [1.29, 1.82) is 5.26 Å². The van der Waals surface area contributed by atoms with Crippen LogP contribution in [-0.4, -0.2) is 55.1 Å². The van der Waals surface area contributed by atoms with Crippen molar-refractivity contribution < 1.29 is 23.4 Å². The Morgan fingerprint density at radius 1 is 1.05 bits per heavy atom. The maximum Gasteiger partial charge on any atom is 0.229 e. The Hall–Kier alpha value is -3.58. The van der Waals surface area contributed by atoms with Gasteiger partial charge in [0.25, 0.3) is 0 Å². The zero-order chi connectivity index (χ0) is 27.8. The van der Waals surface area contributed by atoms with Gasteiger partial charge in [-0.15, -0.1) is 0 Å². The van der Waals surface area contributed by atoms with Crippen LogP contribution in [0.4, 0.5) is 5.69 Å². The Kier molecular flexibility index (Phi) is 9.46. The number of benzene rings is 3. The molecule has 206 valence electrons. The minimum absolute atomic E-state index is 0.0224. The topological polar surface area (TPSA) is 123 Å². The summed E-state index contributed by atoms with van der Waals surface area (Å²) in [6.07, 6.45) is 4.32. The fraction of sp³-hybridized carbons (Fsp3) is 0.367. The second kappa shape index (κ2) is 13.0. The number of nitriles is 1. The van der Waals surface area contributed by atoms with Crippen LogP contribution in [0.2, 0.25) is 0 Å². The van der Waals surface area contributed by atoms with Crippen LogP contribution < -0.4 is 9.46 Å². The van der Waals surface area contributed by atoms with Gasteiger partial charge in [-0.25, -0.2) is 8.42 Å². The van der Waals surface area contributed by atoms with Gasteiger partial charge in [0.1, 0.15) is 24.2 Å². The molecule has 3 aromatic carbocycles. The Morgan fingerprint density at radius 2 is 1.74 bits per heavy atom. The zero-order valence-corrected chi connectivity index (χ0v) is 22.8. The van der Waals surface area contributed by atoms with Gasteiger partial charge in [0.2, 0.25) is 10.0 Å². The van der Waals surface area contributed by atoms with Crippen molar-refractivity contribution in [2.45, 2.75) is 50.3 Å². The van der Waals surface area contributed by atoms with E-state index in [0.717, 1.165) is 31.9 Å². The maximum atomic E-state index is 11.6. The summed E-state index contributed by atoms with van der Waals surface area (Å²) in [5, 5.41) is 29.9. The molecule has 3 N–H and O–H groups in total. The van der Waals surface area contributed by atoms with E-state index in [0.29, 0.717) is 36.4 Å². The van der Waals surface area contributed by atoms with Crippen molar-refractivity contribution in [2.24, 2.45) is 0 Å². The summed E-state index contributed by atoms with van der Waals surface area (Å²) >= 11 is 0. The summed E-state index contributed by atoms with van der Waals surface area (Å²) in [6, 6.07) is 24.9. The van der Waals surface area contributed by atoms with E-state index in [9.17, 15) is 18.6 Å². The Morgan fingerprint density at radius 3 is 2.38 bits per heavy atom. The van der Waals surface area contributed by atoms with Crippen molar-refractivity contribution in [3.63, 3.8) is 0 Å². The molecular formula is C30H35N3O5S. The van der Waals surface area contributed by atoms with Gasteiger partial charge in [-0.3, -0.25) is 9.62 Å². The van der Waals surface area contributed by atoms with Crippen LogP contribution in [0.25, 0.3) is 0 Å². The highest BCUT2D eigenvalue weighted by Gasteiger charge is 2.28. The van der Waals surface area contributed by atoms with Gasteiger partial charge >= 0.3 is 0 Å². The van der Waals surface area contributed by atoms with Crippen molar-refractivity contribution in [3.05, 3.63) is 89.5 Å². The number of sulfonamides is 1. The second-order valence-corrected chi connectivity index (χ2v) is 11.9. The second-order valence-electron chi connectivity index (χ2n) is 10.2. The molecule has 4 rings (SSSR count). The third-order valence-corrected chi connectivity index (χ3v) is 7.69. The van der Waals surface area contributed by atoms with E-state index in [1.807, 2.05) is 30.3 Å². The number of nitrogens with zero attached hydrogens (tertiary/aromatic N) is 2. The lowest BCUT2D eigenvalue weighted by molar-refractivity contribution is 0.0384. The molecule has 0 aliphatic heterocycles. The SMILES string of the molecule is CS(=O)(=O)Nc1cc(OC[C@@H](O)CN(Cc2ccccc2)C2CCC(c3ccc(C#N)cc3)CC2)ccc1O. The van der Waals surface area contributed by atoms with Crippen LogP contribution >= 0.6 is 0 Å². The van der Waals surface area contributed by atoms with Gasteiger partial charge in [-0.1, -0.05) is 42.5 Å². The average molecular weight is 550 g/mol. The van der Waals surface area contributed by atoms with E-state index < -0.39 is 16.1 Å². The minimum Gasteiger partial charge on any atom is -0.506 e. The van der Waals surface area contributed by atoms with Crippen molar-refractivity contribution in [2.75, 3.05) is 24.1 Å². The van der Waals surface area contributed by atoms with E-state index in [1.165, 1.54) is 29.3 Å². The quantitative estimate of drug-likeness (QED) is 0.299. The number of phenols is 1. The third-order valence-electron chi connectivity index (χ3n) is 7.10. The highest BCUT2D eigenvalue weighted by molar-refractivity contribution is 7.92. The monoisotopic (exact) mass is 549 g/mol. The molecule has 3 aromatic rings. The minimum atomic E-state index is -3.57. The molecule has 0 aromatic heterocycles. The standard InChI is InChI=1S/C30H35N3O5S/c1-39(36,37)32-29-17-28(15-16-30(29)35)38-21-27(34)20-33(19-23-5-3-2-4-6-23)26-13-11-25(12-14-26)24-9-7-22(18-31)8-10-24/h2-10,15-17,25-27,32,34-35H,11-14,19-21H2,1H3/t25?,26?,27-/m0/s1. The highest BCUT2D eigenvalue weighted by atomic mass is 32.2. The largest absolute Gasteiger partial charge is 0.506 e. The Balaban J connectivity index is 1.38. The number of hydrogen-bond donors (Lipinski definition) is 3. The number of nitrogens with one attached hydrogen (secondary N) is 1. The number of aromatic hydroxyl groups is 1. The molecule has 0 saturated heterocycles. The zero-order valence-electron chi connectivity index (χ0n) is 22.0. The van der Waals surface area contributed by atoms with Crippen molar-refractivity contribution in [3.8, 4) is 17.6 Å². The molecule has 0 spiro atoms. The molecule has 1 fully saturated rings. The van der Waals surface area contributed by atoms with Crippen LogP contribution in [0.15, 0.2) is 72.8 Å². The lowest BCUT2D eigenvalue weighted by Gasteiger charge is -2.38. The molecule has 1 aliphatic rings. The molecule has 8 nitrogen and oxygen atoms in total. The summed E-state index contributed by atoms with van der Waals surface area (Å²) < 4.78 is 31.1. The van der Waals surface area contributed by atoms with Crippen molar-refractivity contribution in [1.82, 2.24) is 4.90 Å². The first-order chi connectivity index (χ1) is 18.7. The van der Waals surface area contributed by atoms with Crippen LogP contribution in [0.1, 0.15) is 48.3 Å².